The number of halogens is 2. The molecule has 1 unspecified atom stereocenters. The molecule has 26 heavy (non-hydrogen) atoms. The summed E-state index contributed by atoms with van der Waals surface area (Å²) in [6, 6.07) is 13.6. The summed E-state index contributed by atoms with van der Waals surface area (Å²) >= 11 is 9.65. The molecular formula is C20H22BrClN2O2. The molecule has 1 aliphatic heterocycles. The Morgan fingerprint density at radius 3 is 2.92 bits per heavy atom. The third kappa shape index (κ3) is 5.00. The number of methoxy groups -OCH3 is 1. The van der Waals surface area contributed by atoms with Crippen LogP contribution < -0.4 is 10.1 Å². The van der Waals surface area contributed by atoms with Crippen molar-refractivity contribution in [2.24, 2.45) is 5.92 Å². The molecule has 1 fully saturated rings. The lowest BCUT2D eigenvalue weighted by Gasteiger charge is -2.32. The summed E-state index contributed by atoms with van der Waals surface area (Å²) in [4.78, 5) is 15.0. The summed E-state index contributed by atoms with van der Waals surface area (Å²) in [6.45, 7) is 2.64. The number of piperidine rings is 1. The summed E-state index contributed by atoms with van der Waals surface area (Å²) in [7, 11) is 1.57. The fraction of sp³-hybridized carbons (Fsp3) is 0.350. The molecule has 0 aliphatic carbocycles. The molecule has 2 aromatic rings. The molecule has 0 spiro atoms. The van der Waals surface area contributed by atoms with E-state index in [9.17, 15) is 4.79 Å². The van der Waals surface area contributed by atoms with Gasteiger partial charge in [0.15, 0.2) is 0 Å². The third-order valence-corrected chi connectivity index (χ3v) is 5.38. The number of amides is 1. The second kappa shape index (κ2) is 8.89. The average Bonchev–Trinajstić information content (AvgIpc) is 2.62. The van der Waals surface area contributed by atoms with Crippen LogP contribution >= 0.6 is 27.5 Å². The van der Waals surface area contributed by atoms with Crippen LogP contribution in [-0.2, 0) is 11.3 Å². The molecule has 1 heterocycles. The number of benzene rings is 2. The number of carbonyl (C=O) groups excluding carboxylic acids is 1. The van der Waals surface area contributed by atoms with E-state index in [1.165, 1.54) is 5.56 Å². The lowest BCUT2D eigenvalue weighted by atomic mass is 9.96. The summed E-state index contributed by atoms with van der Waals surface area (Å²) in [6.07, 6.45) is 1.93. The average molecular weight is 438 g/mol. The Morgan fingerprint density at radius 1 is 1.35 bits per heavy atom. The predicted octanol–water partition coefficient (Wildman–Crippen LogP) is 4.96. The molecule has 4 nitrogen and oxygen atoms in total. The summed E-state index contributed by atoms with van der Waals surface area (Å²) in [5.41, 5.74) is 1.95. The maximum absolute atomic E-state index is 12.7. The molecule has 6 heteroatoms. The van der Waals surface area contributed by atoms with Crippen LogP contribution in [0.2, 0.25) is 5.02 Å². The first-order chi connectivity index (χ1) is 12.5. The molecule has 2 aromatic carbocycles. The lowest BCUT2D eigenvalue weighted by Crippen LogP contribution is -2.40. The van der Waals surface area contributed by atoms with E-state index in [2.05, 4.69) is 38.3 Å². The first-order valence-electron chi connectivity index (χ1n) is 8.66. The molecule has 1 N–H and O–H groups in total. The molecule has 1 saturated heterocycles. The van der Waals surface area contributed by atoms with Gasteiger partial charge in [0.2, 0.25) is 5.91 Å². The van der Waals surface area contributed by atoms with Crippen molar-refractivity contribution in [1.82, 2.24) is 4.90 Å². The molecule has 0 saturated carbocycles. The van der Waals surface area contributed by atoms with Crippen LogP contribution in [-0.4, -0.2) is 31.0 Å². The van der Waals surface area contributed by atoms with Gasteiger partial charge < -0.3 is 10.1 Å². The van der Waals surface area contributed by atoms with Crippen molar-refractivity contribution in [2.45, 2.75) is 19.4 Å². The molecule has 0 radical (unpaired) electrons. The SMILES string of the molecule is COc1ccc(NC(=O)C2CCCN(Cc3cccc(Br)c3)C2)cc1Cl. The van der Waals surface area contributed by atoms with Crippen molar-refractivity contribution in [2.75, 3.05) is 25.5 Å². The molecule has 1 atom stereocenters. The normalized spacial score (nSPS) is 17.7. The monoisotopic (exact) mass is 436 g/mol. The van der Waals surface area contributed by atoms with E-state index in [0.29, 0.717) is 16.5 Å². The number of carbonyl (C=O) groups is 1. The van der Waals surface area contributed by atoms with Crippen molar-refractivity contribution in [3.63, 3.8) is 0 Å². The molecular weight excluding hydrogens is 416 g/mol. The van der Waals surface area contributed by atoms with Gasteiger partial charge in [0.1, 0.15) is 5.75 Å². The van der Waals surface area contributed by atoms with Gasteiger partial charge in [0, 0.05) is 23.2 Å². The van der Waals surface area contributed by atoms with E-state index in [4.69, 9.17) is 16.3 Å². The zero-order valence-corrected chi connectivity index (χ0v) is 17.0. The predicted molar refractivity (Wildman–Crippen MR) is 109 cm³/mol. The number of nitrogens with one attached hydrogen (secondary N) is 1. The Morgan fingerprint density at radius 2 is 2.19 bits per heavy atom. The first-order valence-corrected chi connectivity index (χ1v) is 9.83. The van der Waals surface area contributed by atoms with E-state index in [-0.39, 0.29) is 11.8 Å². The summed E-state index contributed by atoms with van der Waals surface area (Å²) < 4.78 is 6.23. The number of hydrogen-bond acceptors (Lipinski definition) is 3. The zero-order valence-electron chi connectivity index (χ0n) is 14.7. The van der Waals surface area contributed by atoms with Gasteiger partial charge in [-0.15, -0.1) is 0 Å². The van der Waals surface area contributed by atoms with Gasteiger partial charge in [0.25, 0.3) is 0 Å². The molecule has 0 bridgehead atoms. The fourth-order valence-corrected chi connectivity index (χ4v) is 4.00. The number of anilines is 1. The quantitative estimate of drug-likeness (QED) is 0.718. The van der Waals surface area contributed by atoms with Gasteiger partial charge in [-0.25, -0.2) is 0 Å². The lowest BCUT2D eigenvalue weighted by molar-refractivity contribution is -0.121. The molecule has 3 rings (SSSR count). The van der Waals surface area contributed by atoms with E-state index in [1.807, 2.05) is 18.2 Å². The Bertz CT molecular complexity index is 784. The van der Waals surface area contributed by atoms with Gasteiger partial charge >= 0.3 is 0 Å². The Kier molecular flexibility index (Phi) is 6.57. The highest BCUT2D eigenvalue weighted by molar-refractivity contribution is 9.10. The number of ether oxygens (including phenoxy) is 1. The Balaban J connectivity index is 1.60. The second-order valence-electron chi connectivity index (χ2n) is 6.54. The van der Waals surface area contributed by atoms with Crippen LogP contribution in [0.15, 0.2) is 46.9 Å². The highest BCUT2D eigenvalue weighted by Gasteiger charge is 2.26. The Hall–Kier alpha value is -1.56. The van der Waals surface area contributed by atoms with Gasteiger partial charge in [-0.3, -0.25) is 9.69 Å². The van der Waals surface area contributed by atoms with E-state index in [0.717, 1.165) is 36.9 Å². The van der Waals surface area contributed by atoms with Crippen molar-refractivity contribution in [1.29, 1.82) is 0 Å². The van der Waals surface area contributed by atoms with Crippen LogP contribution in [0.25, 0.3) is 0 Å². The summed E-state index contributed by atoms with van der Waals surface area (Å²) in [5.74, 6) is 0.629. The van der Waals surface area contributed by atoms with Crippen LogP contribution in [0.5, 0.6) is 5.75 Å². The zero-order chi connectivity index (χ0) is 18.5. The number of rotatable bonds is 5. The number of nitrogens with zero attached hydrogens (tertiary/aromatic N) is 1. The van der Waals surface area contributed by atoms with Crippen molar-refractivity contribution >= 4 is 39.1 Å². The minimum atomic E-state index is -0.0169. The standard InChI is InChI=1S/C20H22BrClN2O2/c1-26-19-8-7-17(11-18(19)22)23-20(25)15-5-3-9-24(13-15)12-14-4-2-6-16(21)10-14/h2,4,6-8,10-11,15H,3,5,9,12-13H2,1H3,(H,23,25). The van der Waals surface area contributed by atoms with Gasteiger partial charge in [-0.05, 0) is 55.3 Å². The van der Waals surface area contributed by atoms with E-state index in [1.54, 1.807) is 19.2 Å². The molecule has 1 amide bonds. The summed E-state index contributed by atoms with van der Waals surface area (Å²) in [5, 5.41) is 3.48. The fourth-order valence-electron chi connectivity index (χ4n) is 3.30. The topological polar surface area (TPSA) is 41.6 Å². The van der Waals surface area contributed by atoms with Crippen molar-refractivity contribution in [3.05, 3.63) is 57.5 Å². The number of likely N-dealkylation sites (tertiary alicyclic amines) is 1. The highest BCUT2D eigenvalue weighted by atomic mass is 79.9. The van der Waals surface area contributed by atoms with Gasteiger partial charge in [-0.1, -0.05) is 39.7 Å². The van der Waals surface area contributed by atoms with Crippen molar-refractivity contribution in [3.8, 4) is 5.75 Å². The first kappa shape index (κ1) is 19.2. The van der Waals surface area contributed by atoms with Crippen LogP contribution in [0, 0.1) is 5.92 Å². The van der Waals surface area contributed by atoms with Crippen LogP contribution in [0.4, 0.5) is 5.69 Å². The highest BCUT2D eigenvalue weighted by Crippen LogP contribution is 2.28. The molecule has 1 aliphatic rings. The van der Waals surface area contributed by atoms with E-state index >= 15 is 0 Å². The maximum atomic E-state index is 12.7. The van der Waals surface area contributed by atoms with Gasteiger partial charge in [0.05, 0.1) is 18.1 Å². The third-order valence-electron chi connectivity index (χ3n) is 4.59. The van der Waals surface area contributed by atoms with Crippen LogP contribution in [0.1, 0.15) is 18.4 Å². The number of hydrogen-bond donors (Lipinski definition) is 1. The minimum Gasteiger partial charge on any atom is -0.495 e. The second-order valence-corrected chi connectivity index (χ2v) is 7.87. The Labute approximate surface area is 167 Å². The van der Waals surface area contributed by atoms with Crippen LogP contribution in [0.3, 0.4) is 0 Å². The maximum Gasteiger partial charge on any atom is 0.228 e. The smallest absolute Gasteiger partial charge is 0.228 e. The van der Waals surface area contributed by atoms with Gasteiger partial charge in [-0.2, -0.15) is 0 Å². The largest absolute Gasteiger partial charge is 0.495 e. The van der Waals surface area contributed by atoms with Crippen molar-refractivity contribution < 1.29 is 9.53 Å². The van der Waals surface area contributed by atoms with E-state index < -0.39 is 0 Å². The molecule has 138 valence electrons. The minimum absolute atomic E-state index is 0.0169. The molecule has 0 aromatic heterocycles.